The van der Waals surface area contributed by atoms with Gasteiger partial charge in [0.1, 0.15) is 12.3 Å². The summed E-state index contributed by atoms with van der Waals surface area (Å²) in [4.78, 5) is 27.0. The van der Waals surface area contributed by atoms with Crippen molar-refractivity contribution in [2.75, 3.05) is 23.9 Å². The van der Waals surface area contributed by atoms with E-state index in [-0.39, 0.29) is 18.4 Å². The Bertz CT molecular complexity index is 893. The van der Waals surface area contributed by atoms with Gasteiger partial charge in [0.25, 0.3) is 0 Å². The van der Waals surface area contributed by atoms with E-state index in [0.717, 1.165) is 16.8 Å². The summed E-state index contributed by atoms with van der Waals surface area (Å²) >= 11 is 6.00. The van der Waals surface area contributed by atoms with Gasteiger partial charge in [-0.2, -0.15) is 0 Å². The van der Waals surface area contributed by atoms with E-state index in [0.29, 0.717) is 16.5 Å². The maximum Gasteiger partial charge on any atom is 0.244 e. The first kappa shape index (κ1) is 18.3. The van der Waals surface area contributed by atoms with Gasteiger partial charge in [-0.3, -0.25) is 9.59 Å². The standard InChI is InChI=1S/C20H21ClN2O3/c1-12-5-7-16-14(9-12)20(2,3)19(25)23(16)11-18(24)22-15-10-13(21)6-8-17(15)26-4/h5-10H,11H2,1-4H3,(H,22,24). The summed E-state index contributed by atoms with van der Waals surface area (Å²) in [6.45, 7) is 5.67. The molecule has 1 N–H and O–H groups in total. The fourth-order valence-electron chi connectivity index (χ4n) is 3.22. The van der Waals surface area contributed by atoms with Crippen LogP contribution in [0.3, 0.4) is 0 Å². The molecule has 2 aromatic rings. The Kier molecular flexibility index (Phi) is 4.67. The second-order valence-electron chi connectivity index (χ2n) is 6.93. The number of aryl methyl sites for hydroxylation is 1. The van der Waals surface area contributed by atoms with Crippen LogP contribution < -0.4 is 15.0 Å². The largest absolute Gasteiger partial charge is 0.495 e. The lowest BCUT2D eigenvalue weighted by atomic mass is 9.85. The predicted octanol–water partition coefficient (Wildman–Crippen LogP) is 3.92. The Morgan fingerprint density at radius 1 is 1.23 bits per heavy atom. The minimum Gasteiger partial charge on any atom is -0.495 e. The molecule has 6 heteroatoms. The van der Waals surface area contributed by atoms with Crippen LogP contribution in [0.15, 0.2) is 36.4 Å². The average molecular weight is 373 g/mol. The molecule has 0 saturated heterocycles. The Labute approximate surface area is 157 Å². The number of hydrogen-bond acceptors (Lipinski definition) is 3. The molecule has 5 nitrogen and oxygen atoms in total. The van der Waals surface area contributed by atoms with Crippen molar-refractivity contribution in [1.29, 1.82) is 0 Å². The molecule has 0 aliphatic carbocycles. The minimum atomic E-state index is -0.657. The third-order valence-corrected chi connectivity index (χ3v) is 4.87. The van der Waals surface area contributed by atoms with Crippen LogP contribution in [0, 0.1) is 6.92 Å². The molecule has 1 aliphatic rings. The molecule has 0 aromatic heterocycles. The van der Waals surface area contributed by atoms with Crippen molar-refractivity contribution in [3.8, 4) is 5.75 Å². The van der Waals surface area contributed by atoms with Crippen molar-refractivity contribution in [2.24, 2.45) is 0 Å². The minimum absolute atomic E-state index is 0.0754. The number of amides is 2. The number of halogens is 1. The van der Waals surface area contributed by atoms with E-state index in [1.165, 1.54) is 12.0 Å². The molecule has 1 aliphatic heterocycles. The van der Waals surface area contributed by atoms with Gasteiger partial charge < -0.3 is 15.0 Å². The number of ether oxygens (including phenoxy) is 1. The van der Waals surface area contributed by atoms with Crippen LogP contribution in [0.25, 0.3) is 0 Å². The molecule has 26 heavy (non-hydrogen) atoms. The van der Waals surface area contributed by atoms with Crippen molar-refractivity contribution < 1.29 is 14.3 Å². The number of rotatable bonds is 4. The highest BCUT2D eigenvalue weighted by Crippen LogP contribution is 2.41. The second kappa shape index (κ2) is 6.65. The second-order valence-corrected chi connectivity index (χ2v) is 7.37. The Balaban J connectivity index is 1.85. The summed E-state index contributed by atoms with van der Waals surface area (Å²) in [7, 11) is 1.52. The zero-order chi connectivity index (χ0) is 19.1. The average Bonchev–Trinajstić information content (AvgIpc) is 2.76. The van der Waals surface area contributed by atoms with Crippen molar-refractivity contribution in [3.63, 3.8) is 0 Å². The molecule has 3 rings (SSSR count). The van der Waals surface area contributed by atoms with E-state index in [1.807, 2.05) is 39.0 Å². The normalized spacial score (nSPS) is 15.0. The van der Waals surface area contributed by atoms with Gasteiger partial charge in [-0.1, -0.05) is 29.3 Å². The number of methoxy groups -OCH3 is 1. The molecule has 0 fully saturated rings. The van der Waals surface area contributed by atoms with Crippen molar-refractivity contribution in [3.05, 3.63) is 52.5 Å². The lowest BCUT2D eigenvalue weighted by Crippen LogP contribution is -2.40. The first-order chi connectivity index (χ1) is 12.2. The maximum absolute atomic E-state index is 12.9. The van der Waals surface area contributed by atoms with Gasteiger partial charge in [0.15, 0.2) is 0 Å². The van der Waals surface area contributed by atoms with Gasteiger partial charge in [0.05, 0.1) is 18.2 Å². The highest BCUT2D eigenvalue weighted by molar-refractivity contribution is 6.31. The van der Waals surface area contributed by atoms with Crippen molar-refractivity contribution in [1.82, 2.24) is 0 Å². The topological polar surface area (TPSA) is 58.6 Å². The van der Waals surface area contributed by atoms with Gasteiger partial charge in [-0.15, -0.1) is 0 Å². The smallest absolute Gasteiger partial charge is 0.244 e. The third kappa shape index (κ3) is 3.15. The zero-order valence-electron chi connectivity index (χ0n) is 15.2. The summed E-state index contributed by atoms with van der Waals surface area (Å²) in [6.07, 6.45) is 0. The molecule has 0 atom stereocenters. The number of nitrogens with zero attached hydrogens (tertiary/aromatic N) is 1. The lowest BCUT2D eigenvalue weighted by molar-refractivity contribution is -0.124. The number of carbonyl (C=O) groups is 2. The Morgan fingerprint density at radius 3 is 2.65 bits per heavy atom. The summed E-state index contributed by atoms with van der Waals surface area (Å²) < 4.78 is 5.24. The van der Waals surface area contributed by atoms with E-state index in [1.54, 1.807) is 18.2 Å². The summed E-state index contributed by atoms with van der Waals surface area (Å²) in [6, 6.07) is 10.8. The molecular weight excluding hydrogens is 352 g/mol. The van der Waals surface area contributed by atoms with Gasteiger partial charge in [0.2, 0.25) is 11.8 Å². The van der Waals surface area contributed by atoms with E-state index >= 15 is 0 Å². The lowest BCUT2D eigenvalue weighted by Gasteiger charge is -2.20. The van der Waals surface area contributed by atoms with Gasteiger partial charge in [0, 0.05) is 10.7 Å². The van der Waals surface area contributed by atoms with Crippen LogP contribution >= 0.6 is 11.6 Å². The van der Waals surface area contributed by atoms with Gasteiger partial charge in [-0.25, -0.2) is 0 Å². The SMILES string of the molecule is COc1ccc(Cl)cc1NC(=O)CN1C(=O)C(C)(C)c2cc(C)ccc21. The Hall–Kier alpha value is -2.53. The highest BCUT2D eigenvalue weighted by Gasteiger charge is 2.44. The van der Waals surface area contributed by atoms with Crippen LogP contribution in [0.4, 0.5) is 11.4 Å². The van der Waals surface area contributed by atoms with Crippen molar-refractivity contribution in [2.45, 2.75) is 26.2 Å². The number of nitrogens with one attached hydrogen (secondary N) is 1. The molecule has 0 saturated carbocycles. The van der Waals surface area contributed by atoms with E-state index in [4.69, 9.17) is 16.3 Å². The predicted molar refractivity (Wildman–Crippen MR) is 103 cm³/mol. The fraction of sp³-hybridized carbons (Fsp3) is 0.300. The van der Waals surface area contributed by atoms with Gasteiger partial charge in [-0.05, 0) is 50.6 Å². The molecule has 0 unspecified atom stereocenters. The van der Waals surface area contributed by atoms with E-state index in [9.17, 15) is 9.59 Å². The summed E-state index contributed by atoms with van der Waals surface area (Å²) in [5.41, 5.74) is 2.61. The first-order valence-corrected chi connectivity index (χ1v) is 8.68. The Morgan fingerprint density at radius 2 is 1.96 bits per heavy atom. The summed E-state index contributed by atoms with van der Waals surface area (Å²) in [5.74, 6) is 0.0984. The van der Waals surface area contributed by atoms with Crippen LogP contribution in [-0.4, -0.2) is 25.5 Å². The summed E-state index contributed by atoms with van der Waals surface area (Å²) in [5, 5.41) is 3.26. The molecule has 2 amide bonds. The monoisotopic (exact) mass is 372 g/mol. The van der Waals surface area contributed by atoms with Gasteiger partial charge >= 0.3 is 0 Å². The zero-order valence-corrected chi connectivity index (χ0v) is 16.0. The molecular formula is C20H21ClN2O3. The third-order valence-electron chi connectivity index (χ3n) is 4.63. The van der Waals surface area contributed by atoms with Crippen LogP contribution in [0.1, 0.15) is 25.0 Å². The molecule has 136 valence electrons. The molecule has 0 bridgehead atoms. The van der Waals surface area contributed by atoms with E-state index < -0.39 is 5.41 Å². The number of benzene rings is 2. The molecule has 0 spiro atoms. The number of anilines is 2. The molecule has 1 heterocycles. The molecule has 0 radical (unpaired) electrons. The van der Waals surface area contributed by atoms with Crippen LogP contribution in [0.2, 0.25) is 5.02 Å². The first-order valence-electron chi connectivity index (χ1n) is 8.30. The number of fused-ring (bicyclic) bond motifs is 1. The van der Waals surface area contributed by atoms with Crippen molar-refractivity contribution >= 4 is 34.8 Å². The van der Waals surface area contributed by atoms with Crippen LogP contribution in [0.5, 0.6) is 5.75 Å². The highest BCUT2D eigenvalue weighted by atomic mass is 35.5. The van der Waals surface area contributed by atoms with Crippen LogP contribution in [-0.2, 0) is 15.0 Å². The van der Waals surface area contributed by atoms with E-state index in [2.05, 4.69) is 5.32 Å². The molecule has 2 aromatic carbocycles. The quantitative estimate of drug-likeness (QED) is 0.884. The number of hydrogen-bond donors (Lipinski definition) is 1. The fourth-order valence-corrected chi connectivity index (χ4v) is 3.39. The maximum atomic E-state index is 12.9. The number of carbonyl (C=O) groups excluding carboxylic acids is 2.